The van der Waals surface area contributed by atoms with Crippen LogP contribution in [0.15, 0.2) is 70.7 Å². The largest absolute Gasteiger partial charge is 0.493 e. The molecule has 3 rings (SSSR count). The fourth-order valence-electron chi connectivity index (χ4n) is 2.88. The van der Waals surface area contributed by atoms with Crippen molar-refractivity contribution in [3.63, 3.8) is 0 Å². The summed E-state index contributed by atoms with van der Waals surface area (Å²) in [5.74, 6) is 0.214. The summed E-state index contributed by atoms with van der Waals surface area (Å²) < 4.78 is 36.2. The van der Waals surface area contributed by atoms with Gasteiger partial charge in [0, 0.05) is 6.07 Å². The van der Waals surface area contributed by atoms with Crippen LogP contribution in [-0.4, -0.2) is 26.7 Å². The lowest BCUT2D eigenvalue weighted by atomic mass is 10.2. The smallest absolute Gasteiger partial charge is 0.339 e. The molecule has 0 heterocycles. The Kier molecular flexibility index (Phi) is 6.74. The molecule has 3 aromatic carbocycles. The van der Waals surface area contributed by atoms with E-state index >= 15 is 0 Å². The number of rotatable bonds is 8. The highest BCUT2D eigenvalue weighted by atomic mass is 32.2. The fourth-order valence-corrected chi connectivity index (χ4v) is 4.13. The predicted octanol–water partition coefficient (Wildman–Crippen LogP) is 4.43. The molecule has 166 valence electrons. The molecule has 0 bridgehead atoms. The highest BCUT2D eigenvalue weighted by Gasteiger charge is 2.21. The van der Waals surface area contributed by atoms with Gasteiger partial charge < -0.3 is 8.92 Å². The van der Waals surface area contributed by atoms with Gasteiger partial charge in [-0.2, -0.15) is 13.5 Å². The van der Waals surface area contributed by atoms with Crippen molar-refractivity contribution in [2.75, 3.05) is 12.5 Å². The molecule has 3 aromatic rings. The van der Waals surface area contributed by atoms with E-state index in [4.69, 9.17) is 8.92 Å². The second-order valence-electron chi connectivity index (χ2n) is 6.86. The molecule has 0 spiro atoms. The Labute approximate surface area is 185 Å². The van der Waals surface area contributed by atoms with Crippen molar-refractivity contribution in [2.24, 2.45) is 5.10 Å². The number of ether oxygens (including phenoxy) is 1. The molecular formula is C22H21N3O6S. The molecule has 0 saturated carbocycles. The number of benzene rings is 3. The molecule has 0 aromatic heterocycles. The quantitative estimate of drug-likeness (QED) is 0.231. The third-order valence-corrected chi connectivity index (χ3v) is 5.88. The first-order valence-corrected chi connectivity index (χ1v) is 10.8. The number of methoxy groups -OCH3 is 1. The second kappa shape index (κ2) is 9.48. The molecule has 32 heavy (non-hydrogen) atoms. The first-order chi connectivity index (χ1) is 15.2. The number of hydrogen-bond donors (Lipinski definition) is 1. The van der Waals surface area contributed by atoms with Gasteiger partial charge in [-0.3, -0.25) is 15.5 Å². The summed E-state index contributed by atoms with van der Waals surface area (Å²) in [6.07, 6.45) is 1.42. The number of hydrazone groups is 1. The summed E-state index contributed by atoms with van der Waals surface area (Å²) in [4.78, 5) is 10.6. The first-order valence-electron chi connectivity index (χ1n) is 9.43. The van der Waals surface area contributed by atoms with Crippen molar-refractivity contribution in [3.05, 3.63) is 87.5 Å². The Bertz CT molecular complexity index is 1290. The van der Waals surface area contributed by atoms with E-state index in [9.17, 15) is 18.5 Å². The number of hydrogen-bond acceptors (Lipinski definition) is 8. The van der Waals surface area contributed by atoms with Gasteiger partial charge in [-0.05, 0) is 60.9 Å². The molecule has 0 aliphatic carbocycles. The van der Waals surface area contributed by atoms with Gasteiger partial charge in [0.25, 0.3) is 5.69 Å². The van der Waals surface area contributed by atoms with Crippen molar-refractivity contribution < 1.29 is 22.3 Å². The van der Waals surface area contributed by atoms with Crippen LogP contribution < -0.4 is 14.3 Å². The molecule has 10 heteroatoms. The van der Waals surface area contributed by atoms with Gasteiger partial charge in [-0.1, -0.05) is 24.3 Å². The zero-order valence-corrected chi connectivity index (χ0v) is 18.4. The maximum Gasteiger partial charge on any atom is 0.339 e. The standard InChI is InChI=1S/C22H21N3O6S/c1-15-8-9-16(2)22(12-15)32(28,29)31-20-11-10-17(13-21(20)30-3)14-23-24-18-6-4-5-7-19(18)25(26)27/h4-14,24H,1-3H3. The molecule has 0 unspecified atom stereocenters. The molecule has 0 fully saturated rings. The van der Waals surface area contributed by atoms with Crippen LogP contribution in [0.2, 0.25) is 0 Å². The van der Waals surface area contributed by atoms with E-state index in [0.29, 0.717) is 11.1 Å². The third-order valence-electron chi connectivity index (χ3n) is 4.50. The number of nitro benzene ring substituents is 1. The van der Waals surface area contributed by atoms with Crippen LogP contribution in [0.5, 0.6) is 11.5 Å². The lowest BCUT2D eigenvalue weighted by Crippen LogP contribution is -2.12. The van der Waals surface area contributed by atoms with Crippen molar-refractivity contribution in [3.8, 4) is 11.5 Å². The zero-order chi connectivity index (χ0) is 23.3. The molecule has 0 radical (unpaired) electrons. The Morgan fingerprint density at radius 3 is 2.50 bits per heavy atom. The summed E-state index contributed by atoms with van der Waals surface area (Å²) >= 11 is 0. The molecule has 1 N–H and O–H groups in total. The van der Waals surface area contributed by atoms with Crippen LogP contribution in [0.1, 0.15) is 16.7 Å². The van der Waals surface area contributed by atoms with E-state index in [1.165, 1.54) is 31.5 Å². The number of nitrogens with one attached hydrogen (secondary N) is 1. The highest BCUT2D eigenvalue weighted by Crippen LogP contribution is 2.31. The van der Waals surface area contributed by atoms with Gasteiger partial charge in [0.05, 0.1) is 18.2 Å². The lowest BCUT2D eigenvalue weighted by molar-refractivity contribution is -0.384. The Hall–Kier alpha value is -3.92. The summed E-state index contributed by atoms with van der Waals surface area (Å²) in [7, 11) is -2.68. The molecule has 9 nitrogen and oxygen atoms in total. The van der Waals surface area contributed by atoms with Crippen molar-refractivity contribution in [2.45, 2.75) is 18.7 Å². The lowest BCUT2D eigenvalue weighted by Gasteiger charge is -2.13. The molecular weight excluding hydrogens is 434 g/mol. The number of para-hydroxylation sites is 2. The maximum absolute atomic E-state index is 12.8. The van der Waals surface area contributed by atoms with Gasteiger partial charge in [0.15, 0.2) is 11.5 Å². The molecule has 0 atom stereocenters. The average Bonchev–Trinajstić information content (AvgIpc) is 2.76. The topological polar surface area (TPSA) is 120 Å². The summed E-state index contributed by atoms with van der Waals surface area (Å²) in [6.45, 7) is 3.49. The molecule has 0 amide bonds. The van der Waals surface area contributed by atoms with Crippen LogP contribution in [0.3, 0.4) is 0 Å². The zero-order valence-electron chi connectivity index (χ0n) is 17.6. The van der Waals surface area contributed by atoms with Crippen molar-refractivity contribution in [1.29, 1.82) is 0 Å². The maximum atomic E-state index is 12.8. The first kappa shape index (κ1) is 22.8. The number of anilines is 1. The summed E-state index contributed by atoms with van der Waals surface area (Å²) in [6, 6.07) is 15.8. The van der Waals surface area contributed by atoms with Crippen LogP contribution in [0, 0.1) is 24.0 Å². The van der Waals surface area contributed by atoms with E-state index in [1.807, 2.05) is 6.07 Å². The van der Waals surface area contributed by atoms with Crippen LogP contribution in [-0.2, 0) is 10.1 Å². The SMILES string of the molecule is COc1cc(C=NNc2ccccc2[N+](=O)[O-])ccc1OS(=O)(=O)c1cc(C)ccc1C. The van der Waals surface area contributed by atoms with E-state index in [2.05, 4.69) is 10.5 Å². The minimum Gasteiger partial charge on any atom is -0.493 e. The van der Waals surface area contributed by atoms with Crippen LogP contribution in [0.25, 0.3) is 0 Å². The van der Waals surface area contributed by atoms with Gasteiger partial charge in [-0.25, -0.2) is 0 Å². The van der Waals surface area contributed by atoms with Crippen molar-refractivity contribution >= 4 is 27.7 Å². The summed E-state index contributed by atoms with van der Waals surface area (Å²) in [5.41, 5.74) is 4.68. The minimum atomic E-state index is -4.07. The predicted molar refractivity (Wildman–Crippen MR) is 121 cm³/mol. The van der Waals surface area contributed by atoms with Gasteiger partial charge >= 0.3 is 10.1 Å². The van der Waals surface area contributed by atoms with E-state index < -0.39 is 15.0 Å². The number of aryl methyl sites for hydroxylation is 2. The Morgan fingerprint density at radius 2 is 1.78 bits per heavy atom. The monoisotopic (exact) mass is 455 g/mol. The molecule has 0 aliphatic heterocycles. The Balaban J connectivity index is 1.81. The van der Waals surface area contributed by atoms with Gasteiger partial charge in [-0.15, -0.1) is 0 Å². The van der Waals surface area contributed by atoms with E-state index in [1.54, 1.807) is 50.2 Å². The normalized spacial score (nSPS) is 11.3. The third kappa shape index (κ3) is 5.22. The summed E-state index contributed by atoms with van der Waals surface area (Å²) in [5, 5.41) is 15.1. The van der Waals surface area contributed by atoms with Crippen LogP contribution in [0.4, 0.5) is 11.4 Å². The van der Waals surface area contributed by atoms with Gasteiger partial charge in [0.2, 0.25) is 0 Å². The second-order valence-corrected chi connectivity index (χ2v) is 8.38. The Morgan fingerprint density at radius 1 is 1.03 bits per heavy atom. The number of nitro groups is 1. The van der Waals surface area contributed by atoms with E-state index in [0.717, 1.165) is 5.56 Å². The highest BCUT2D eigenvalue weighted by molar-refractivity contribution is 7.87. The minimum absolute atomic E-state index is 0.0252. The average molecular weight is 455 g/mol. The number of nitrogens with zero attached hydrogens (tertiary/aromatic N) is 2. The van der Waals surface area contributed by atoms with Gasteiger partial charge in [0.1, 0.15) is 10.6 Å². The fraction of sp³-hybridized carbons (Fsp3) is 0.136. The molecule has 0 saturated heterocycles. The van der Waals surface area contributed by atoms with Crippen LogP contribution >= 0.6 is 0 Å². The van der Waals surface area contributed by atoms with E-state index in [-0.39, 0.29) is 27.8 Å². The molecule has 0 aliphatic rings. The van der Waals surface area contributed by atoms with Crippen molar-refractivity contribution in [1.82, 2.24) is 0 Å².